The van der Waals surface area contributed by atoms with Crippen molar-refractivity contribution >= 4 is 17.8 Å². The lowest BCUT2D eigenvalue weighted by atomic mass is 10.2. The van der Waals surface area contributed by atoms with Crippen LogP contribution in [0.15, 0.2) is 53.7 Å². The molecule has 0 amide bonds. The van der Waals surface area contributed by atoms with Crippen molar-refractivity contribution in [1.82, 2.24) is 0 Å². The molecule has 0 aliphatic carbocycles. The molecule has 0 saturated carbocycles. The molecule has 0 bridgehead atoms. The fourth-order valence-corrected chi connectivity index (χ4v) is 1.66. The van der Waals surface area contributed by atoms with Crippen LogP contribution in [-0.2, 0) is 11.4 Å². The Kier molecular flexibility index (Phi) is 4.37. The summed E-state index contributed by atoms with van der Waals surface area (Å²) in [4.78, 5) is 5.16. The van der Waals surface area contributed by atoms with Crippen LogP contribution in [0.25, 0.3) is 0 Å². The second kappa shape index (κ2) is 6.22. The number of benzene rings is 2. The van der Waals surface area contributed by atoms with Crippen LogP contribution in [0.5, 0.6) is 0 Å². The largest absolute Gasteiger partial charge is 0.390 e. The highest BCUT2D eigenvalue weighted by Crippen LogP contribution is 2.11. The molecular formula is C15H13ClNO. The third kappa shape index (κ3) is 3.90. The molecule has 0 aromatic heterocycles. The highest BCUT2D eigenvalue weighted by Gasteiger charge is 1.94. The van der Waals surface area contributed by atoms with Gasteiger partial charge < -0.3 is 4.84 Å². The van der Waals surface area contributed by atoms with Gasteiger partial charge in [-0.2, -0.15) is 0 Å². The summed E-state index contributed by atoms with van der Waals surface area (Å²) in [5.74, 6) is 0. The maximum absolute atomic E-state index is 5.87. The lowest BCUT2D eigenvalue weighted by Crippen LogP contribution is -1.88. The summed E-state index contributed by atoms with van der Waals surface area (Å²) in [5.41, 5.74) is 3.09. The standard InChI is InChI=1S/C15H13ClNO/c1-12-5-7-13(8-6-12)10-17-18-11-14-3-2-4-15(16)9-14/h2-9H,11H2,1H3. The Labute approximate surface area is 112 Å². The Morgan fingerprint density at radius 1 is 1.17 bits per heavy atom. The molecule has 2 rings (SSSR count). The molecule has 0 spiro atoms. The zero-order chi connectivity index (χ0) is 12.8. The number of nitrogens with zero attached hydrogens (tertiary/aromatic N) is 1. The summed E-state index contributed by atoms with van der Waals surface area (Å²) in [6.45, 7) is 2.43. The fraction of sp³-hybridized carbons (Fsp3) is 0.133. The molecule has 18 heavy (non-hydrogen) atoms. The molecule has 0 aliphatic rings. The minimum absolute atomic E-state index is 0.388. The highest BCUT2D eigenvalue weighted by atomic mass is 35.5. The molecular weight excluding hydrogens is 246 g/mol. The first-order valence-corrected chi connectivity index (χ1v) is 6.01. The third-order valence-electron chi connectivity index (χ3n) is 2.41. The van der Waals surface area contributed by atoms with Gasteiger partial charge in [-0.25, -0.2) is 0 Å². The maximum Gasteiger partial charge on any atom is 0.142 e. The van der Waals surface area contributed by atoms with E-state index in [1.807, 2.05) is 55.5 Å². The van der Waals surface area contributed by atoms with Crippen LogP contribution >= 0.6 is 11.6 Å². The third-order valence-corrected chi connectivity index (χ3v) is 2.65. The highest BCUT2D eigenvalue weighted by molar-refractivity contribution is 6.30. The zero-order valence-corrected chi connectivity index (χ0v) is 10.8. The van der Waals surface area contributed by atoms with Gasteiger partial charge in [0.2, 0.25) is 0 Å². The molecule has 2 aromatic carbocycles. The van der Waals surface area contributed by atoms with Crippen molar-refractivity contribution in [3.63, 3.8) is 0 Å². The van der Waals surface area contributed by atoms with Crippen LogP contribution < -0.4 is 0 Å². The normalized spacial score (nSPS) is 10.8. The van der Waals surface area contributed by atoms with E-state index in [0.29, 0.717) is 11.6 Å². The van der Waals surface area contributed by atoms with Crippen LogP contribution in [0.1, 0.15) is 16.7 Å². The van der Waals surface area contributed by atoms with E-state index in [-0.39, 0.29) is 0 Å². The number of rotatable bonds is 4. The zero-order valence-electron chi connectivity index (χ0n) is 10.1. The van der Waals surface area contributed by atoms with Gasteiger partial charge in [-0.05, 0) is 24.6 Å². The molecule has 0 atom stereocenters. The molecule has 3 heteroatoms. The van der Waals surface area contributed by atoms with E-state index in [4.69, 9.17) is 16.4 Å². The second-order valence-corrected chi connectivity index (χ2v) is 4.41. The van der Waals surface area contributed by atoms with Crippen molar-refractivity contribution in [3.05, 3.63) is 70.2 Å². The molecule has 1 radical (unpaired) electrons. The Morgan fingerprint density at radius 3 is 2.67 bits per heavy atom. The summed E-state index contributed by atoms with van der Waals surface area (Å²) in [6.07, 6.45) is 2.83. The summed E-state index contributed by atoms with van der Waals surface area (Å²) in [5, 5.41) is 4.50. The minimum atomic E-state index is 0.388. The van der Waals surface area contributed by atoms with Crippen molar-refractivity contribution in [3.8, 4) is 0 Å². The van der Waals surface area contributed by atoms with Gasteiger partial charge in [-0.1, -0.05) is 58.7 Å². The summed E-state index contributed by atoms with van der Waals surface area (Å²) < 4.78 is 0. The van der Waals surface area contributed by atoms with Gasteiger partial charge >= 0.3 is 0 Å². The molecule has 0 N–H and O–H groups in total. The van der Waals surface area contributed by atoms with Gasteiger partial charge in [0.1, 0.15) is 12.8 Å². The van der Waals surface area contributed by atoms with Crippen molar-refractivity contribution in [2.75, 3.05) is 0 Å². The number of hydrogen-bond donors (Lipinski definition) is 0. The lowest BCUT2D eigenvalue weighted by Gasteiger charge is -1.99. The molecule has 2 aromatic rings. The first kappa shape index (κ1) is 12.7. The molecule has 0 saturated heterocycles. The van der Waals surface area contributed by atoms with Crippen molar-refractivity contribution in [2.24, 2.45) is 5.16 Å². The van der Waals surface area contributed by atoms with E-state index < -0.39 is 0 Å². The van der Waals surface area contributed by atoms with Gasteiger partial charge in [-0.15, -0.1) is 0 Å². The van der Waals surface area contributed by atoms with E-state index >= 15 is 0 Å². The quantitative estimate of drug-likeness (QED) is 0.598. The average Bonchev–Trinajstić information content (AvgIpc) is 2.37. The van der Waals surface area contributed by atoms with Gasteiger partial charge in [-0.3, -0.25) is 0 Å². The Bertz CT molecular complexity index is 534. The minimum Gasteiger partial charge on any atom is -0.390 e. The molecule has 2 nitrogen and oxygen atoms in total. The van der Waals surface area contributed by atoms with Crippen LogP contribution in [0, 0.1) is 6.92 Å². The summed E-state index contributed by atoms with van der Waals surface area (Å²) in [7, 11) is 0. The Hall–Kier alpha value is -1.80. The number of halogens is 1. The van der Waals surface area contributed by atoms with Gasteiger partial charge in [0.25, 0.3) is 0 Å². The van der Waals surface area contributed by atoms with E-state index in [9.17, 15) is 0 Å². The predicted octanol–water partition coefficient (Wildman–Crippen LogP) is 4.08. The Balaban J connectivity index is 1.87. The van der Waals surface area contributed by atoms with E-state index in [2.05, 4.69) is 11.4 Å². The molecule has 0 heterocycles. The SMILES string of the molecule is Cc1ccc(/[C]=N\OCc2cccc(Cl)c2)cc1. The Morgan fingerprint density at radius 2 is 1.94 bits per heavy atom. The van der Waals surface area contributed by atoms with Crippen molar-refractivity contribution < 1.29 is 4.84 Å². The van der Waals surface area contributed by atoms with E-state index in [1.54, 1.807) is 0 Å². The predicted molar refractivity (Wildman–Crippen MR) is 74.0 cm³/mol. The fourth-order valence-electron chi connectivity index (χ4n) is 1.45. The van der Waals surface area contributed by atoms with Crippen LogP contribution in [0.2, 0.25) is 5.02 Å². The smallest absolute Gasteiger partial charge is 0.142 e. The lowest BCUT2D eigenvalue weighted by molar-refractivity contribution is 0.132. The first-order valence-electron chi connectivity index (χ1n) is 5.63. The summed E-state index contributed by atoms with van der Waals surface area (Å²) in [6, 6.07) is 15.4. The van der Waals surface area contributed by atoms with E-state index in [1.165, 1.54) is 5.56 Å². The molecule has 0 fully saturated rings. The van der Waals surface area contributed by atoms with Crippen molar-refractivity contribution in [1.29, 1.82) is 0 Å². The van der Waals surface area contributed by atoms with E-state index in [0.717, 1.165) is 11.1 Å². The number of hydrogen-bond acceptors (Lipinski definition) is 2. The molecule has 0 aliphatic heterocycles. The molecule has 0 unspecified atom stereocenters. The summed E-state index contributed by atoms with van der Waals surface area (Å²) >= 11 is 5.87. The van der Waals surface area contributed by atoms with Crippen molar-refractivity contribution in [2.45, 2.75) is 13.5 Å². The van der Waals surface area contributed by atoms with Crippen LogP contribution in [0.3, 0.4) is 0 Å². The first-order chi connectivity index (χ1) is 8.74. The molecule has 91 valence electrons. The van der Waals surface area contributed by atoms with Gasteiger partial charge in [0, 0.05) is 10.6 Å². The second-order valence-electron chi connectivity index (χ2n) is 3.97. The van der Waals surface area contributed by atoms with Crippen LogP contribution in [-0.4, -0.2) is 6.21 Å². The van der Waals surface area contributed by atoms with Gasteiger partial charge in [0.15, 0.2) is 0 Å². The average molecular weight is 259 g/mol. The van der Waals surface area contributed by atoms with Gasteiger partial charge in [0.05, 0.1) is 0 Å². The topological polar surface area (TPSA) is 21.6 Å². The number of aryl methyl sites for hydroxylation is 1. The maximum atomic E-state index is 5.87. The monoisotopic (exact) mass is 258 g/mol. The van der Waals surface area contributed by atoms with Crippen LogP contribution in [0.4, 0.5) is 0 Å².